The third-order valence-electron chi connectivity index (χ3n) is 3.41. The Hall–Kier alpha value is -1.23. The van der Waals surface area contributed by atoms with Gasteiger partial charge < -0.3 is 10.5 Å². The summed E-state index contributed by atoms with van der Waals surface area (Å²) < 4.78 is 43.6. The lowest BCUT2D eigenvalue weighted by Gasteiger charge is -2.15. The number of benzene rings is 1. The second-order valence-electron chi connectivity index (χ2n) is 4.88. The highest BCUT2D eigenvalue weighted by Gasteiger charge is 2.39. The molecule has 2 nitrogen and oxygen atoms in total. The van der Waals surface area contributed by atoms with E-state index in [1.54, 1.807) is 6.07 Å². The second-order valence-corrected chi connectivity index (χ2v) is 4.88. The average Bonchev–Trinajstić information content (AvgIpc) is 3.04. The SMILES string of the molecule is COc1ccc(CCC2(N)CC2)c(C(F)(F)F)c1. The van der Waals surface area contributed by atoms with Gasteiger partial charge >= 0.3 is 6.18 Å². The molecule has 0 aromatic heterocycles. The van der Waals surface area contributed by atoms with Gasteiger partial charge in [0.05, 0.1) is 12.7 Å². The summed E-state index contributed by atoms with van der Waals surface area (Å²) in [6, 6.07) is 4.08. The summed E-state index contributed by atoms with van der Waals surface area (Å²) in [5.41, 5.74) is 5.34. The molecule has 0 atom stereocenters. The monoisotopic (exact) mass is 259 g/mol. The fourth-order valence-electron chi connectivity index (χ4n) is 1.96. The summed E-state index contributed by atoms with van der Waals surface area (Å²) in [5, 5.41) is 0. The zero-order valence-electron chi connectivity index (χ0n) is 10.2. The minimum Gasteiger partial charge on any atom is -0.497 e. The summed E-state index contributed by atoms with van der Waals surface area (Å²) >= 11 is 0. The molecule has 0 heterocycles. The molecule has 5 heteroatoms. The van der Waals surface area contributed by atoms with Crippen molar-refractivity contribution in [3.05, 3.63) is 29.3 Å². The van der Waals surface area contributed by atoms with E-state index in [0.29, 0.717) is 18.4 Å². The van der Waals surface area contributed by atoms with E-state index in [0.717, 1.165) is 18.9 Å². The molecular formula is C13H16F3NO. The fourth-order valence-corrected chi connectivity index (χ4v) is 1.96. The van der Waals surface area contributed by atoms with Crippen molar-refractivity contribution in [3.8, 4) is 5.75 Å². The Kier molecular flexibility index (Phi) is 3.27. The molecule has 0 bridgehead atoms. The molecule has 1 fully saturated rings. The number of methoxy groups -OCH3 is 1. The number of nitrogens with two attached hydrogens (primary N) is 1. The van der Waals surface area contributed by atoms with Crippen LogP contribution < -0.4 is 10.5 Å². The van der Waals surface area contributed by atoms with Crippen molar-refractivity contribution in [3.63, 3.8) is 0 Å². The number of aryl methyl sites for hydroxylation is 1. The smallest absolute Gasteiger partial charge is 0.416 e. The topological polar surface area (TPSA) is 35.2 Å². The van der Waals surface area contributed by atoms with Gasteiger partial charge in [0, 0.05) is 5.54 Å². The molecule has 1 aliphatic carbocycles. The van der Waals surface area contributed by atoms with Crippen molar-refractivity contribution in [2.45, 2.75) is 37.4 Å². The average molecular weight is 259 g/mol. The van der Waals surface area contributed by atoms with Crippen LogP contribution in [0, 0.1) is 0 Å². The lowest BCUT2D eigenvalue weighted by Crippen LogP contribution is -2.22. The molecule has 18 heavy (non-hydrogen) atoms. The molecule has 100 valence electrons. The predicted molar refractivity (Wildman–Crippen MR) is 62.5 cm³/mol. The van der Waals surface area contributed by atoms with Gasteiger partial charge in [-0.3, -0.25) is 0 Å². The zero-order valence-corrected chi connectivity index (χ0v) is 10.2. The Labute approximate surface area is 104 Å². The van der Waals surface area contributed by atoms with E-state index in [1.807, 2.05) is 0 Å². The van der Waals surface area contributed by atoms with Crippen LogP contribution in [-0.4, -0.2) is 12.6 Å². The third kappa shape index (κ3) is 2.96. The Bertz CT molecular complexity index is 438. The first-order valence-electron chi connectivity index (χ1n) is 5.87. The summed E-state index contributed by atoms with van der Waals surface area (Å²) in [6.07, 6.45) is -1.58. The van der Waals surface area contributed by atoms with Crippen LogP contribution in [0.25, 0.3) is 0 Å². The second kappa shape index (κ2) is 4.46. The maximum atomic E-state index is 12.9. The highest BCUT2D eigenvalue weighted by Crippen LogP contribution is 2.39. The number of halogens is 3. The number of rotatable bonds is 4. The van der Waals surface area contributed by atoms with E-state index in [-0.39, 0.29) is 11.3 Å². The first kappa shape index (κ1) is 13.2. The molecule has 0 amide bonds. The molecule has 0 unspecified atom stereocenters. The van der Waals surface area contributed by atoms with Crippen LogP contribution in [0.1, 0.15) is 30.4 Å². The number of alkyl halides is 3. The first-order chi connectivity index (χ1) is 8.34. The van der Waals surface area contributed by atoms with Crippen molar-refractivity contribution < 1.29 is 17.9 Å². The van der Waals surface area contributed by atoms with Crippen molar-refractivity contribution in [1.29, 1.82) is 0 Å². The molecular weight excluding hydrogens is 243 g/mol. The van der Waals surface area contributed by atoms with Crippen LogP contribution in [0.5, 0.6) is 5.75 Å². The van der Waals surface area contributed by atoms with E-state index < -0.39 is 11.7 Å². The van der Waals surface area contributed by atoms with Crippen molar-refractivity contribution in [2.75, 3.05) is 7.11 Å². The van der Waals surface area contributed by atoms with Gasteiger partial charge in [-0.25, -0.2) is 0 Å². The van der Waals surface area contributed by atoms with Gasteiger partial charge in [0.2, 0.25) is 0 Å². The van der Waals surface area contributed by atoms with E-state index in [2.05, 4.69) is 0 Å². The standard InChI is InChI=1S/C13H16F3NO/c1-18-10-3-2-9(4-5-12(17)6-7-12)11(8-10)13(14,15)16/h2-3,8H,4-7,17H2,1H3. The third-order valence-corrected chi connectivity index (χ3v) is 3.41. The maximum absolute atomic E-state index is 12.9. The van der Waals surface area contributed by atoms with Crippen LogP contribution in [0.3, 0.4) is 0 Å². The Morgan fingerprint density at radius 1 is 1.33 bits per heavy atom. The lowest BCUT2D eigenvalue weighted by atomic mass is 9.99. The quantitative estimate of drug-likeness (QED) is 0.901. The molecule has 1 aliphatic rings. The van der Waals surface area contributed by atoms with Crippen molar-refractivity contribution >= 4 is 0 Å². The van der Waals surface area contributed by atoms with Gasteiger partial charge in [-0.15, -0.1) is 0 Å². The van der Waals surface area contributed by atoms with Crippen LogP contribution in [0.2, 0.25) is 0 Å². The van der Waals surface area contributed by atoms with Crippen molar-refractivity contribution in [1.82, 2.24) is 0 Å². The van der Waals surface area contributed by atoms with Gasteiger partial charge in [-0.2, -0.15) is 13.2 Å². The molecule has 0 spiro atoms. The highest BCUT2D eigenvalue weighted by molar-refractivity contribution is 5.38. The summed E-state index contributed by atoms with van der Waals surface area (Å²) in [5.74, 6) is 0.222. The van der Waals surface area contributed by atoms with Crippen LogP contribution in [0.15, 0.2) is 18.2 Å². The summed E-state index contributed by atoms with van der Waals surface area (Å²) in [4.78, 5) is 0. The molecule has 2 N–H and O–H groups in total. The molecule has 0 radical (unpaired) electrons. The first-order valence-corrected chi connectivity index (χ1v) is 5.87. The largest absolute Gasteiger partial charge is 0.497 e. The van der Waals surface area contributed by atoms with E-state index in [4.69, 9.17) is 10.5 Å². The predicted octanol–water partition coefficient (Wildman–Crippen LogP) is 3.14. The number of hydrogen-bond acceptors (Lipinski definition) is 2. The Balaban J connectivity index is 2.22. The minimum atomic E-state index is -4.35. The summed E-state index contributed by atoms with van der Waals surface area (Å²) in [7, 11) is 1.36. The maximum Gasteiger partial charge on any atom is 0.416 e. The van der Waals surface area contributed by atoms with E-state index in [1.165, 1.54) is 13.2 Å². The fraction of sp³-hybridized carbons (Fsp3) is 0.538. The Morgan fingerprint density at radius 2 is 2.00 bits per heavy atom. The molecule has 1 aromatic carbocycles. The highest BCUT2D eigenvalue weighted by atomic mass is 19.4. The van der Waals surface area contributed by atoms with Gasteiger partial charge in [0.15, 0.2) is 0 Å². The van der Waals surface area contributed by atoms with Gasteiger partial charge in [0.1, 0.15) is 5.75 Å². The van der Waals surface area contributed by atoms with Crippen LogP contribution >= 0.6 is 0 Å². The molecule has 2 rings (SSSR count). The molecule has 1 aromatic rings. The molecule has 0 saturated heterocycles. The normalized spacial score (nSPS) is 17.6. The lowest BCUT2D eigenvalue weighted by molar-refractivity contribution is -0.138. The Morgan fingerprint density at radius 3 is 2.50 bits per heavy atom. The minimum absolute atomic E-state index is 0.222. The number of ether oxygens (including phenoxy) is 1. The van der Waals surface area contributed by atoms with Crippen molar-refractivity contribution in [2.24, 2.45) is 5.73 Å². The number of hydrogen-bond donors (Lipinski definition) is 1. The zero-order chi connectivity index (χ0) is 13.4. The van der Waals surface area contributed by atoms with Crippen LogP contribution in [-0.2, 0) is 12.6 Å². The van der Waals surface area contributed by atoms with Gasteiger partial charge in [-0.05, 0) is 43.4 Å². The summed E-state index contributed by atoms with van der Waals surface area (Å²) in [6.45, 7) is 0. The molecule has 0 aliphatic heterocycles. The van der Waals surface area contributed by atoms with E-state index in [9.17, 15) is 13.2 Å². The van der Waals surface area contributed by atoms with Gasteiger partial charge in [0.25, 0.3) is 0 Å². The molecule has 1 saturated carbocycles. The van der Waals surface area contributed by atoms with Crippen LogP contribution in [0.4, 0.5) is 13.2 Å². The van der Waals surface area contributed by atoms with Gasteiger partial charge in [-0.1, -0.05) is 6.07 Å². The van der Waals surface area contributed by atoms with E-state index >= 15 is 0 Å².